The van der Waals surface area contributed by atoms with Crippen LogP contribution < -0.4 is 5.32 Å². The van der Waals surface area contributed by atoms with Crippen LogP contribution in [0.5, 0.6) is 0 Å². The molecule has 1 aromatic rings. The van der Waals surface area contributed by atoms with Gasteiger partial charge in [-0.2, -0.15) is 11.8 Å². The van der Waals surface area contributed by atoms with Crippen molar-refractivity contribution in [2.75, 3.05) is 32.3 Å². The largest absolute Gasteiger partial charge is 0.451 e. The Morgan fingerprint density at radius 1 is 1.19 bits per heavy atom. The molecule has 0 saturated heterocycles. The molecule has 0 spiro atoms. The van der Waals surface area contributed by atoms with E-state index in [0.29, 0.717) is 6.61 Å². The molecule has 0 aromatic heterocycles. The van der Waals surface area contributed by atoms with Gasteiger partial charge in [0.15, 0.2) is 6.10 Å². The van der Waals surface area contributed by atoms with E-state index in [1.165, 1.54) is 25.8 Å². The number of fused-ring (bicyclic) bond motifs is 1. The van der Waals surface area contributed by atoms with E-state index in [4.69, 9.17) is 9.47 Å². The van der Waals surface area contributed by atoms with Crippen LogP contribution in [0, 0.1) is 0 Å². The Labute approximate surface area is 161 Å². The fourth-order valence-electron chi connectivity index (χ4n) is 2.62. The number of esters is 1. The normalized spacial score (nSPS) is 15.3. The Balaban J connectivity index is 2.11. The molecular weight excluding hydrogens is 372 g/mol. The van der Waals surface area contributed by atoms with Crippen molar-refractivity contribution < 1.29 is 28.7 Å². The lowest BCUT2D eigenvalue weighted by Crippen LogP contribution is -2.49. The zero-order valence-electron chi connectivity index (χ0n) is 15.4. The number of imide groups is 1. The molecule has 1 heterocycles. The summed E-state index contributed by atoms with van der Waals surface area (Å²) < 4.78 is 10.1. The van der Waals surface area contributed by atoms with E-state index in [0.717, 1.165) is 4.90 Å². The molecular formula is C18H22N2O6S. The number of hydrogen-bond donors (Lipinski definition) is 1. The number of carbonyl (C=O) groups is 4. The molecule has 1 N–H and O–H groups in total. The molecule has 8 nitrogen and oxygen atoms in total. The molecule has 0 unspecified atom stereocenters. The first-order valence-electron chi connectivity index (χ1n) is 8.35. The van der Waals surface area contributed by atoms with Gasteiger partial charge in [0.2, 0.25) is 0 Å². The maximum atomic E-state index is 12.6. The zero-order chi connectivity index (χ0) is 20.0. The molecule has 1 aliphatic heterocycles. The highest BCUT2D eigenvalue weighted by Crippen LogP contribution is 2.26. The fourth-order valence-corrected chi connectivity index (χ4v) is 3.22. The van der Waals surface area contributed by atoms with Crippen LogP contribution in [-0.4, -0.2) is 73.0 Å². The van der Waals surface area contributed by atoms with Gasteiger partial charge in [0, 0.05) is 19.4 Å². The molecule has 2 atom stereocenters. The lowest BCUT2D eigenvalue weighted by molar-refractivity contribution is -0.157. The third-order valence-electron chi connectivity index (χ3n) is 4.00. The summed E-state index contributed by atoms with van der Waals surface area (Å²) in [6.45, 7) is 2.04. The van der Waals surface area contributed by atoms with Gasteiger partial charge in [0.1, 0.15) is 6.04 Å². The number of ether oxygens (including phenoxy) is 2. The summed E-state index contributed by atoms with van der Waals surface area (Å²) >= 11 is 1.30. The van der Waals surface area contributed by atoms with Gasteiger partial charge in [-0.3, -0.25) is 19.3 Å². The van der Waals surface area contributed by atoms with Crippen LogP contribution in [0.4, 0.5) is 0 Å². The molecule has 9 heteroatoms. The van der Waals surface area contributed by atoms with Crippen molar-refractivity contribution in [3.05, 3.63) is 35.4 Å². The van der Waals surface area contributed by atoms with Crippen LogP contribution in [0.2, 0.25) is 0 Å². The van der Waals surface area contributed by atoms with Crippen LogP contribution in [0.1, 0.15) is 27.6 Å². The monoisotopic (exact) mass is 394 g/mol. The molecule has 0 radical (unpaired) electrons. The number of methoxy groups -OCH3 is 1. The van der Waals surface area contributed by atoms with E-state index in [-0.39, 0.29) is 23.4 Å². The number of amides is 3. The minimum Gasteiger partial charge on any atom is -0.451 e. The Morgan fingerprint density at radius 3 is 2.30 bits per heavy atom. The predicted molar refractivity (Wildman–Crippen MR) is 99.6 cm³/mol. The summed E-state index contributed by atoms with van der Waals surface area (Å²) in [7, 11) is 1.50. The van der Waals surface area contributed by atoms with Gasteiger partial charge in [-0.15, -0.1) is 0 Å². The SMILES string of the molecule is COCCNC(=O)[C@H](C)OC(=O)[C@H](CSC)N1C(=O)c2ccccc2C1=O. The molecule has 0 fully saturated rings. The predicted octanol–water partition coefficient (Wildman–Crippen LogP) is 0.709. The van der Waals surface area contributed by atoms with E-state index in [9.17, 15) is 19.2 Å². The van der Waals surface area contributed by atoms with Crippen molar-refractivity contribution in [2.45, 2.75) is 19.1 Å². The number of nitrogens with one attached hydrogen (secondary N) is 1. The topological polar surface area (TPSA) is 102 Å². The van der Waals surface area contributed by atoms with E-state index in [2.05, 4.69) is 5.32 Å². The second-order valence-electron chi connectivity index (χ2n) is 5.86. The minimum atomic E-state index is -1.11. The average Bonchev–Trinajstić information content (AvgIpc) is 2.91. The minimum absolute atomic E-state index is 0.169. The van der Waals surface area contributed by atoms with Gasteiger partial charge in [-0.05, 0) is 25.3 Å². The molecule has 27 heavy (non-hydrogen) atoms. The highest BCUT2D eigenvalue weighted by Gasteiger charge is 2.43. The summed E-state index contributed by atoms with van der Waals surface area (Å²) in [6, 6.07) is 5.29. The Morgan fingerprint density at radius 2 is 1.78 bits per heavy atom. The lowest BCUT2D eigenvalue weighted by Gasteiger charge is -2.25. The van der Waals surface area contributed by atoms with Gasteiger partial charge < -0.3 is 14.8 Å². The van der Waals surface area contributed by atoms with Crippen molar-refractivity contribution in [1.82, 2.24) is 10.2 Å². The van der Waals surface area contributed by atoms with Crippen LogP contribution in [-0.2, 0) is 19.1 Å². The third-order valence-corrected chi connectivity index (χ3v) is 4.65. The first-order chi connectivity index (χ1) is 12.9. The molecule has 146 valence electrons. The Hall–Kier alpha value is -2.39. The Kier molecular flexibility index (Phi) is 7.37. The number of carbonyl (C=O) groups excluding carboxylic acids is 4. The van der Waals surface area contributed by atoms with E-state index >= 15 is 0 Å². The first kappa shape index (κ1) is 20.9. The van der Waals surface area contributed by atoms with Crippen molar-refractivity contribution in [3.8, 4) is 0 Å². The third kappa shape index (κ3) is 4.67. The average molecular weight is 394 g/mol. The van der Waals surface area contributed by atoms with Crippen molar-refractivity contribution in [2.24, 2.45) is 0 Å². The quantitative estimate of drug-likeness (QED) is 0.374. The van der Waals surface area contributed by atoms with Crippen LogP contribution >= 0.6 is 11.8 Å². The molecule has 0 aliphatic carbocycles. The van der Waals surface area contributed by atoms with Crippen LogP contribution in [0.15, 0.2) is 24.3 Å². The standard InChI is InChI=1S/C18H22N2O6S/c1-11(15(21)19-8-9-25-2)26-18(24)14(10-27-3)20-16(22)12-6-4-5-7-13(12)17(20)23/h4-7,11,14H,8-10H2,1-3H3,(H,19,21)/t11-,14-/m0/s1. The van der Waals surface area contributed by atoms with Gasteiger partial charge in [0.25, 0.3) is 17.7 Å². The highest BCUT2D eigenvalue weighted by molar-refractivity contribution is 7.98. The van der Waals surface area contributed by atoms with Crippen molar-refractivity contribution in [3.63, 3.8) is 0 Å². The molecule has 1 aromatic carbocycles. The molecule has 0 saturated carbocycles. The Bertz CT molecular complexity index is 703. The number of hydrogen-bond acceptors (Lipinski definition) is 7. The van der Waals surface area contributed by atoms with Crippen LogP contribution in [0.25, 0.3) is 0 Å². The molecule has 0 bridgehead atoms. The van der Waals surface area contributed by atoms with E-state index in [1.54, 1.807) is 30.5 Å². The summed E-state index contributed by atoms with van der Waals surface area (Å²) in [6.07, 6.45) is 0.688. The van der Waals surface area contributed by atoms with Gasteiger partial charge in [-0.25, -0.2) is 4.79 Å². The highest BCUT2D eigenvalue weighted by atomic mass is 32.2. The molecule has 1 aliphatic rings. The maximum Gasteiger partial charge on any atom is 0.331 e. The number of rotatable bonds is 9. The smallest absolute Gasteiger partial charge is 0.331 e. The van der Waals surface area contributed by atoms with Gasteiger partial charge in [-0.1, -0.05) is 12.1 Å². The number of nitrogens with zero attached hydrogens (tertiary/aromatic N) is 1. The van der Waals surface area contributed by atoms with Gasteiger partial charge in [0.05, 0.1) is 17.7 Å². The van der Waals surface area contributed by atoms with Crippen molar-refractivity contribution in [1.29, 1.82) is 0 Å². The fraction of sp³-hybridized carbons (Fsp3) is 0.444. The summed E-state index contributed by atoms with van der Waals surface area (Å²) in [5.74, 6) is -2.19. The van der Waals surface area contributed by atoms with E-state index in [1.807, 2.05) is 0 Å². The molecule has 2 rings (SSSR count). The second kappa shape index (κ2) is 9.52. The number of thioether (sulfide) groups is 1. The zero-order valence-corrected chi connectivity index (χ0v) is 16.2. The first-order valence-corrected chi connectivity index (χ1v) is 9.74. The van der Waals surface area contributed by atoms with Gasteiger partial charge >= 0.3 is 5.97 Å². The van der Waals surface area contributed by atoms with E-state index < -0.39 is 35.8 Å². The maximum absolute atomic E-state index is 12.6. The molecule has 3 amide bonds. The summed E-state index contributed by atoms with van der Waals surface area (Å²) in [4.78, 5) is 50.7. The summed E-state index contributed by atoms with van der Waals surface area (Å²) in [5, 5.41) is 2.57. The summed E-state index contributed by atoms with van der Waals surface area (Å²) in [5.41, 5.74) is 0.513. The number of benzene rings is 1. The lowest BCUT2D eigenvalue weighted by atomic mass is 10.1. The van der Waals surface area contributed by atoms with Crippen LogP contribution in [0.3, 0.4) is 0 Å². The second-order valence-corrected chi connectivity index (χ2v) is 6.77. The van der Waals surface area contributed by atoms with Crippen molar-refractivity contribution >= 4 is 35.5 Å².